The van der Waals surface area contributed by atoms with Crippen LogP contribution in [0.15, 0.2) is 128 Å². The first-order valence-corrected chi connectivity index (χ1v) is 22.5. The van der Waals surface area contributed by atoms with Gasteiger partial charge in [0.25, 0.3) is 0 Å². The number of aryl methyl sites for hydroxylation is 1. The Labute approximate surface area is 378 Å². The Hall–Kier alpha value is -4.42. The molecule has 6 rings (SSSR count). The summed E-state index contributed by atoms with van der Waals surface area (Å²) >= 11 is 0. The van der Waals surface area contributed by atoms with Crippen LogP contribution in [0.3, 0.4) is 0 Å². The lowest BCUT2D eigenvalue weighted by Crippen LogP contribution is -2.64. The number of aromatic nitrogens is 3. The summed E-state index contributed by atoms with van der Waals surface area (Å²) < 4.78 is 56.6. The SMILES string of the molecule is OCCOCCOCCOCCOCCOCc1cn(CCCN2C[C@H](OCc3ccccc3)[C@@H](OCc3ccccc3)[C@H](OCc3ccccc3)[C@H]2COCc2ccccc2)nn1. The molecule has 0 spiro atoms. The summed E-state index contributed by atoms with van der Waals surface area (Å²) in [6.45, 7) is 8.72. The maximum Gasteiger partial charge on any atom is 0.113 e. The van der Waals surface area contributed by atoms with Crippen molar-refractivity contribution in [3.63, 3.8) is 0 Å². The molecule has 1 aliphatic rings. The van der Waals surface area contributed by atoms with Crippen molar-refractivity contribution < 1.29 is 47.7 Å². The average molecular weight is 883 g/mol. The number of likely N-dealkylation sites (tertiary alicyclic amines) is 1. The molecule has 346 valence electrons. The predicted octanol–water partition coefficient (Wildman–Crippen LogP) is 5.90. The molecule has 0 radical (unpaired) electrons. The van der Waals surface area contributed by atoms with Gasteiger partial charge >= 0.3 is 0 Å². The van der Waals surface area contributed by atoms with E-state index in [1.165, 1.54) is 0 Å². The van der Waals surface area contributed by atoms with Crippen LogP contribution in [-0.2, 0) is 82.2 Å². The molecule has 0 aliphatic carbocycles. The Balaban J connectivity index is 1.05. The van der Waals surface area contributed by atoms with Crippen molar-refractivity contribution in [3.8, 4) is 0 Å². The monoisotopic (exact) mass is 882 g/mol. The zero-order chi connectivity index (χ0) is 44.1. The van der Waals surface area contributed by atoms with Crippen LogP contribution in [0.4, 0.5) is 0 Å². The molecule has 14 nitrogen and oxygen atoms in total. The Morgan fingerprint density at radius 2 is 0.953 bits per heavy atom. The van der Waals surface area contributed by atoms with Crippen LogP contribution in [0.25, 0.3) is 0 Å². The molecule has 2 heterocycles. The summed E-state index contributed by atoms with van der Waals surface area (Å²) in [6.07, 6.45) is 1.74. The van der Waals surface area contributed by atoms with E-state index in [9.17, 15) is 0 Å². The van der Waals surface area contributed by atoms with Gasteiger partial charge in [0, 0.05) is 19.6 Å². The third-order valence-corrected chi connectivity index (χ3v) is 10.6. The second-order valence-corrected chi connectivity index (χ2v) is 15.5. The molecule has 0 unspecified atom stereocenters. The van der Waals surface area contributed by atoms with Crippen molar-refractivity contribution in [2.45, 2.75) is 70.4 Å². The topological polar surface area (TPSA) is 137 Å². The molecule has 1 aliphatic heterocycles. The highest BCUT2D eigenvalue weighted by atomic mass is 16.6. The molecular weight excluding hydrogens is 817 g/mol. The smallest absolute Gasteiger partial charge is 0.113 e. The highest BCUT2D eigenvalue weighted by Crippen LogP contribution is 2.29. The number of aliphatic hydroxyl groups is 1. The van der Waals surface area contributed by atoms with Crippen LogP contribution < -0.4 is 0 Å². The minimum atomic E-state index is -0.369. The van der Waals surface area contributed by atoms with Gasteiger partial charge in [0.1, 0.15) is 17.9 Å². The molecule has 1 fully saturated rings. The first kappa shape index (κ1) is 49.0. The van der Waals surface area contributed by atoms with Gasteiger partial charge in [-0.15, -0.1) is 5.10 Å². The molecule has 0 amide bonds. The second kappa shape index (κ2) is 29.9. The normalized spacial score (nSPS) is 17.8. The van der Waals surface area contributed by atoms with Crippen molar-refractivity contribution in [3.05, 3.63) is 155 Å². The van der Waals surface area contributed by atoms with E-state index in [1.807, 2.05) is 83.7 Å². The molecule has 14 heteroatoms. The molecule has 1 aromatic heterocycles. The van der Waals surface area contributed by atoms with Crippen molar-refractivity contribution in [1.29, 1.82) is 0 Å². The summed E-state index contributed by atoms with van der Waals surface area (Å²) in [6, 6.07) is 41.0. The van der Waals surface area contributed by atoms with E-state index in [1.54, 1.807) is 0 Å². The fourth-order valence-corrected chi connectivity index (χ4v) is 7.38. The van der Waals surface area contributed by atoms with Gasteiger partial charge in [-0.1, -0.05) is 127 Å². The maximum absolute atomic E-state index is 8.71. The van der Waals surface area contributed by atoms with Crippen molar-refractivity contribution in [2.24, 2.45) is 0 Å². The number of piperidine rings is 1. The molecule has 4 aromatic carbocycles. The second-order valence-electron chi connectivity index (χ2n) is 15.5. The van der Waals surface area contributed by atoms with E-state index in [4.69, 9.17) is 47.7 Å². The summed E-state index contributed by atoms with van der Waals surface area (Å²) in [7, 11) is 0. The molecule has 1 N–H and O–H groups in total. The standard InChI is InChI=1S/C50H66N4O10/c55-24-25-56-26-27-57-28-29-58-30-31-59-32-33-60-40-46-34-54(52-51-46)23-13-22-53-35-48(62-37-43-16-7-2-8-17-43)50(64-39-45-20-11-4-12-21-45)49(63-38-44-18-9-3-10-19-44)47(53)41-61-36-42-14-5-1-6-15-42/h1-12,14-21,34,47-50,55H,13,22-33,35-41H2/t47-,48+,49-,50-/m1/s1. The maximum atomic E-state index is 8.71. The summed E-state index contributed by atoms with van der Waals surface area (Å²) in [4.78, 5) is 2.45. The lowest BCUT2D eigenvalue weighted by molar-refractivity contribution is -0.210. The number of aliphatic hydroxyl groups excluding tert-OH is 1. The summed E-state index contributed by atoms with van der Waals surface area (Å²) in [5.74, 6) is 0. The van der Waals surface area contributed by atoms with Crippen LogP contribution in [0.5, 0.6) is 0 Å². The average Bonchev–Trinajstić information content (AvgIpc) is 3.80. The minimum absolute atomic E-state index is 0.0140. The van der Waals surface area contributed by atoms with Gasteiger partial charge in [-0.3, -0.25) is 9.58 Å². The molecule has 4 atom stereocenters. The Morgan fingerprint density at radius 1 is 0.484 bits per heavy atom. The van der Waals surface area contributed by atoms with Gasteiger partial charge in [0.2, 0.25) is 0 Å². The third-order valence-electron chi connectivity index (χ3n) is 10.6. The first-order chi connectivity index (χ1) is 31.7. The third kappa shape index (κ3) is 18.2. The largest absolute Gasteiger partial charge is 0.394 e. The van der Waals surface area contributed by atoms with E-state index < -0.39 is 0 Å². The fraction of sp³-hybridized carbons (Fsp3) is 0.480. The highest BCUT2D eigenvalue weighted by Gasteiger charge is 2.46. The Kier molecular flexibility index (Phi) is 22.9. The number of hydrogen-bond donors (Lipinski definition) is 1. The van der Waals surface area contributed by atoms with Crippen molar-refractivity contribution >= 4 is 0 Å². The summed E-state index contributed by atoms with van der Waals surface area (Å²) in [5.41, 5.74) is 5.16. The van der Waals surface area contributed by atoms with Gasteiger partial charge < -0.3 is 47.7 Å². The molecule has 64 heavy (non-hydrogen) atoms. The van der Waals surface area contributed by atoms with E-state index in [0.717, 1.165) is 40.9 Å². The molecule has 0 bridgehead atoms. The van der Waals surface area contributed by atoms with Gasteiger partial charge in [-0.05, 0) is 28.7 Å². The number of ether oxygens (including phenoxy) is 9. The lowest BCUT2D eigenvalue weighted by atomic mass is 9.92. The van der Waals surface area contributed by atoms with Gasteiger partial charge in [0.05, 0.1) is 124 Å². The fourth-order valence-electron chi connectivity index (χ4n) is 7.38. The van der Waals surface area contributed by atoms with Crippen LogP contribution in [0.1, 0.15) is 34.4 Å². The number of nitrogens with zero attached hydrogens (tertiary/aromatic N) is 4. The van der Waals surface area contributed by atoms with E-state index in [0.29, 0.717) is 112 Å². The van der Waals surface area contributed by atoms with E-state index >= 15 is 0 Å². The van der Waals surface area contributed by atoms with Crippen LogP contribution in [-0.4, -0.2) is 135 Å². The quantitative estimate of drug-likeness (QED) is 0.0502. The van der Waals surface area contributed by atoms with Crippen LogP contribution >= 0.6 is 0 Å². The van der Waals surface area contributed by atoms with Crippen LogP contribution in [0, 0.1) is 0 Å². The van der Waals surface area contributed by atoms with E-state index in [-0.39, 0.29) is 31.0 Å². The minimum Gasteiger partial charge on any atom is -0.394 e. The number of rotatable bonds is 33. The lowest BCUT2D eigenvalue weighted by Gasteiger charge is -2.48. The predicted molar refractivity (Wildman–Crippen MR) is 241 cm³/mol. The highest BCUT2D eigenvalue weighted by molar-refractivity contribution is 5.16. The summed E-state index contributed by atoms with van der Waals surface area (Å²) in [5, 5.41) is 17.5. The van der Waals surface area contributed by atoms with Crippen molar-refractivity contribution in [2.75, 3.05) is 85.8 Å². The molecule has 5 aromatic rings. The first-order valence-electron chi connectivity index (χ1n) is 22.5. The molecule has 1 saturated heterocycles. The van der Waals surface area contributed by atoms with Gasteiger partial charge in [-0.2, -0.15) is 0 Å². The molecule has 0 saturated carbocycles. The Bertz CT molecular complexity index is 1900. The Morgan fingerprint density at radius 3 is 1.48 bits per heavy atom. The van der Waals surface area contributed by atoms with Crippen LogP contribution in [0.2, 0.25) is 0 Å². The van der Waals surface area contributed by atoms with Gasteiger partial charge in [0.15, 0.2) is 0 Å². The number of benzene rings is 4. The van der Waals surface area contributed by atoms with E-state index in [2.05, 4.69) is 63.7 Å². The zero-order valence-electron chi connectivity index (χ0n) is 37.0. The van der Waals surface area contributed by atoms with Crippen molar-refractivity contribution in [1.82, 2.24) is 19.9 Å². The zero-order valence-corrected chi connectivity index (χ0v) is 37.0. The molecular formula is C50H66N4O10. The number of hydrogen-bond acceptors (Lipinski definition) is 13. The van der Waals surface area contributed by atoms with Gasteiger partial charge in [-0.25, -0.2) is 0 Å².